The number of rotatable bonds is 1. The average molecular weight is 212 g/mol. The van der Waals surface area contributed by atoms with Crippen LogP contribution < -0.4 is 11.1 Å². The van der Waals surface area contributed by atoms with Gasteiger partial charge >= 0.3 is 0 Å². The lowest BCUT2D eigenvalue weighted by atomic mass is 9.91. The quantitative estimate of drug-likeness (QED) is 0.756. The van der Waals surface area contributed by atoms with E-state index < -0.39 is 0 Å². The van der Waals surface area contributed by atoms with Crippen molar-refractivity contribution >= 4 is 10.8 Å². The molecule has 0 aromatic heterocycles. The van der Waals surface area contributed by atoms with Crippen molar-refractivity contribution in [3.05, 3.63) is 47.5 Å². The molecule has 0 fully saturated rings. The van der Waals surface area contributed by atoms with E-state index in [1.54, 1.807) is 0 Å². The van der Waals surface area contributed by atoms with E-state index in [-0.39, 0.29) is 0 Å². The van der Waals surface area contributed by atoms with E-state index in [9.17, 15) is 0 Å². The molecule has 16 heavy (non-hydrogen) atoms. The van der Waals surface area contributed by atoms with Crippen LogP contribution >= 0.6 is 0 Å². The molecule has 1 heterocycles. The van der Waals surface area contributed by atoms with Crippen LogP contribution in [0.4, 0.5) is 0 Å². The van der Waals surface area contributed by atoms with Gasteiger partial charge in [0.2, 0.25) is 0 Å². The Morgan fingerprint density at radius 2 is 2.06 bits per heavy atom. The lowest BCUT2D eigenvalue weighted by Gasteiger charge is -2.26. The van der Waals surface area contributed by atoms with E-state index >= 15 is 0 Å². The minimum Gasteiger partial charge on any atom is -0.329 e. The van der Waals surface area contributed by atoms with E-state index in [1.165, 1.54) is 21.9 Å². The minimum atomic E-state index is 0.439. The van der Waals surface area contributed by atoms with Crippen molar-refractivity contribution in [1.82, 2.24) is 5.32 Å². The maximum Gasteiger partial charge on any atom is 0.0233 e. The van der Waals surface area contributed by atoms with Crippen molar-refractivity contribution < 1.29 is 0 Å². The van der Waals surface area contributed by atoms with Crippen molar-refractivity contribution in [2.45, 2.75) is 19.0 Å². The van der Waals surface area contributed by atoms with Gasteiger partial charge in [-0.15, -0.1) is 0 Å². The maximum absolute atomic E-state index is 5.71. The van der Waals surface area contributed by atoms with Gasteiger partial charge in [0.05, 0.1) is 0 Å². The summed E-state index contributed by atoms with van der Waals surface area (Å²) >= 11 is 0. The fourth-order valence-electron chi connectivity index (χ4n) is 2.53. The Morgan fingerprint density at radius 3 is 2.94 bits per heavy atom. The molecule has 82 valence electrons. The van der Waals surface area contributed by atoms with E-state index in [0.717, 1.165) is 13.0 Å². The molecule has 0 unspecified atom stereocenters. The fraction of sp³-hybridized carbons (Fsp3) is 0.286. The van der Waals surface area contributed by atoms with Crippen molar-refractivity contribution in [2.24, 2.45) is 5.73 Å². The summed E-state index contributed by atoms with van der Waals surface area (Å²) in [6, 6.07) is 13.5. The molecular weight excluding hydrogens is 196 g/mol. The average Bonchev–Trinajstić information content (AvgIpc) is 2.38. The summed E-state index contributed by atoms with van der Waals surface area (Å²) in [5.74, 6) is 0. The molecule has 1 atom stereocenters. The molecule has 0 aliphatic carbocycles. The first-order chi connectivity index (χ1) is 7.88. The van der Waals surface area contributed by atoms with Crippen LogP contribution in [0.1, 0.15) is 11.1 Å². The molecule has 2 aromatic rings. The van der Waals surface area contributed by atoms with Crippen LogP contribution in [-0.2, 0) is 13.0 Å². The van der Waals surface area contributed by atoms with Gasteiger partial charge in [0.25, 0.3) is 0 Å². The van der Waals surface area contributed by atoms with Gasteiger partial charge in [-0.05, 0) is 28.3 Å². The van der Waals surface area contributed by atoms with Crippen LogP contribution in [-0.4, -0.2) is 12.6 Å². The van der Waals surface area contributed by atoms with Crippen LogP contribution in [0.2, 0.25) is 0 Å². The fourth-order valence-corrected chi connectivity index (χ4v) is 2.53. The van der Waals surface area contributed by atoms with Crippen molar-refractivity contribution in [2.75, 3.05) is 6.54 Å². The van der Waals surface area contributed by atoms with E-state index in [2.05, 4.69) is 41.7 Å². The lowest BCUT2D eigenvalue weighted by molar-refractivity contribution is 0.489. The predicted molar refractivity (Wildman–Crippen MR) is 67.3 cm³/mol. The predicted octanol–water partition coefficient (Wildman–Crippen LogP) is 1.81. The van der Waals surface area contributed by atoms with E-state index in [4.69, 9.17) is 5.73 Å². The minimum absolute atomic E-state index is 0.439. The Bertz CT molecular complexity index is 519. The Kier molecular flexibility index (Phi) is 2.39. The SMILES string of the molecule is NC[C@H]1Cc2ccc3ccccc3c2CN1. The molecule has 2 heteroatoms. The first-order valence-corrected chi connectivity index (χ1v) is 5.81. The van der Waals surface area contributed by atoms with Crippen molar-refractivity contribution in [3.63, 3.8) is 0 Å². The number of hydrogen-bond acceptors (Lipinski definition) is 2. The van der Waals surface area contributed by atoms with Gasteiger partial charge in [-0.3, -0.25) is 0 Å². The number of nitrogens with two attached hydrogens (primary N) is 1. The van der Waals surface area contributed by atoms with Crippen LogP contribution in [0.3, 0.4) is 0 Å². The Balaban J connectivity index is 2.14. The normalized spacial score (nSPS) is 19.7. The first kappa shape index (κ1) is 9.82. The highest BCUT2D eigenvalue weighted by atomic mass is 14.9. The maximum atomic E-state index is 5.71. The Labute approximate surface area is 95.5 Å². The van der Waals surface area contributed by atoms with Gasteiger partial charge in [-0.2, -0.15) is 0 Å². The van der Waals surface area contributed by atoms with Crippen LogP contribution in [0, 0.1) is 0 Å². The van der Waals surface area contributed by atoms with Crippen molar-refractivity contribution in [3.8, 4) is 0 Å². The molecule has 0 radical (unpaired) electrons. The second kappa shape index (κ2) is 3.89. The van der Waals surface area contributed by atoms with Crippen LogP contribution in [0.5, 0.6) is 0 Å². The van der Waals surface area contributed by atoms with Gasteiger partial charge in [-0.25, -0.2) is 0 Å². The second-order valence-corrected chi connectivity index (χ2v) is 4.44. The standard InChI is InChI=1S/C14H16N2/c15-8-12-7-11-6-5-10-3-1-2-4-13(10)14(11)9-16-12/h1-6,12,16H,7-9,15H2/t12-/m1/s1. The summed E-state index contributed by atoms with van der Waals surface area (Å²) in [5, 5.41) is 6.20. The summed E-state index contributed by atoms with van der Waals surface area (Å²) < 4.78 is 0. The molecule has 2 nitrogen and oxygen atoms in total. The van der Waals surface area contributed by atoms with E-state index in [1.807, 2.05) is 0 Å². The Morgan fingerprint density at radius 1 is 1.19 bits per heavy atom. The second-order valence-electron chi connectivity index (χ2n) is 4.44. The lowest BCUT2D eigenvalue weighted by Crippen LogP contribution is -2.41. The van der Waals surface area contributed by atoms with Gasteiger partial charge in [0.1, 0.15) is 0 Å². The number of nitrogens with one attached hydrogen (secondary N) is 1. The molecule has 0 amide bonds. The number of fused-ring (bicyclic) bond motifs is 3. The molecule has 0 saturated carbocycles. The molecule has 3 rings (SSSR count). The molecular formula is C14H16N2. The highest BCUT2D eigenvalue weighted by Gasteiger charge is 2.17. The number of benzene rings is 2. The third-order valence-electron chi connectivity index (χ3n) is 3.46. The highest BCUT2D eigenvalue weighted by Crippen LogP contribution is 2.25. The molecule has 0 bridgehead atoms. The highest BCUT2D eigenvalue weighted by molar-refractivity contribution is 5.87. The van der Waals surface area contributed by atoms with Crippen molar-refractivity contribution in [1.29, 1.82) is 0 Å². The third-order valence-corrected chi connectivity index (χ3v) is 3.46. The first-order valence-electron chi connectivity index (χ1n) is 5.81. The summed E-state index contributed by atoms with van der Waals surface area (Å²) in [7, 11) is 0. The molecule has 0 saturated heterocycles. The summed E-state index contributed by atoms with van der Waals surface area (Å²) in [5.41, 5.74) is 8.61. The zero-order chi connectivity index (χ0) is 11.0. The van der Waals surface area contributed by atoms with Gasteiger partial charge < -0.3 is 11.1 Å². The van der Waals surface area contributed by atoms with Gasteiger partial charge in [0.15, 0.2) is 0 Å². The summed E-state index contributed by atoms with van der Waals surface area (Å²) in [4.78, 5) is 0. The number of hydrogen-bond donors (Lipinski definition) is 2. The largest absolute Gasteiger partial charge is 0.329 e. The third kappa shape index (κ3) is 1.51. The molecule has 3 N–H and O–H groups in total. The topological polar surface area (TPSA) is 38.0 Å². The molecule has 1 aliphatic rings. The van der Waals surface area contributed by atoms with Crippen LogP contribution in [0.25, 0.3) is 10.8 Å². The zero-order valence-electron chi connectivity index (χ0n) is 9.24. The monoisotopic (exact) mass is 212 g/mol. The zero-order valence-corrected chi connectivity index (χ0v) is 9.24. The molecule has 0 spiro atoms. The van der Waals surface area contributed by atoms with Crippen LogP contribution in [0.15, 0.2) is 36.4 Å². The van der Waals surface area contributed by atoms with Gasteiger partial charge in [-0.1, -0.05) is 36.4 Å². The van der Waals surface area contributed by atoms with Gasteiger partial charge in [0, 0.05) is 19.1 Å². The Hall–Kier alpha value is -1.38. The molecule has 2 aromatic carbocycles. The summed E-state index contributed by atoms with van der Waals surface area (Å²) in [6.45, 7) is 1.66. The molecule has 1 aliphatic heterocycles. The van der Waals surface area contributed by atoms with E-state index in [0.29, 0.717) is 12.6 Å². The summed E-state index contributed by atoms with van der Waals surface area (Å²) in [6.07, 6.45) is 1.05. The smallest absolute Gasteiger partial charge is 0.0233 e.